The first kappa shape index (κ1) is 24.0. The summed E-state index contributed by atoms with van der Waals surface area (Å²) in [6, 6.07) is 22.8. The number of fused-ring (bicyclic) bond motifs is 3. The third kappa shape index (κ3) is 5.51. The normalized spacial score (nSPS) is 13.8. The highest BCUT2D eigenvalue weighted by molar-refractivity contribution is 5.86. The van der Waals surface area contributed by atoms with Gasteiger partial charge in [0.15, 0.2) is 0 Å². The second-order valence-electron chi connectivity index (χ2n) is 8.80. The van der Waals surface area contributed by atoms with Gasteiger partial charge in [-0.3, -0.25) is 14.9 Å². The van der Waals surface area contributed by atoms with Crippen molar-refractivity contribution in [3.63, 3.8) is 0 Å². The van der Waals surface area contributed by atoms with Gasteiger partial charge in [0.2, 0.25) is 5.91 Å². The fourth-order valence-electron chi connectivity index (χ4n) is 4.44. The molecule has 3 aromatic rings. The van der Waals surface area contributed by atoms with Crippen LogP contribution in [0.4, 0.5) is 10.5 Å². The molecule has 0 saturated carbocycles. The van der Waals surface area contributed by atoms with Gasteiger partial charge in [0.05, 0.1) is 12.3 Å². The molecule has 0 bridgehead atoms. The number of benzene rings is 3. The Morgan fingerprint density at radius 1 is 0.886 bits per heavy atom. The van der Waals surface area contributed by atoms with Crippen LogP contribution < -0.4 is 10.6 Å². The molecule has 3 aromatic carbocycles. The molecule has 7 heteroatoms. The predicted molar refractivity (Wildman–Crippen MR) is 133 cm³/mol. The molecule has 0 saturated heterocycles. The Hall–Kier alpha value is -4.13. The lowest BCUT2D eigenvalue weighted by atomic mass is 9.98. The van der Waals surface area contributed by atoms with Crippen molar-refractivity contribution in [1.29, 1.82) is 0 Å². The number of amides is 2. The van der Waals surface area contributed by atoms with Gasteiger partial charge >= 0.3 is 12.1 Å². The minimum absolute atomic E-state index is 0.0154. The third-order valence-corrected chi connectivity index (χ3v) is 6.26. The van der Waals surface area contributed by atoms with Crippen molar-refractivity contribution in [2.75, 3.05) is 11.9 Å². The smallest absolute Gasteiger partial charge is 0.411 e. The number of hydrogen-bond acceptors (Lipinski definition) is 4. The van der Waals surface area contributed by atoms with E-state index < -0.39 is 24.0 Å². The van der Waals surface area contributed by atoms with Gasteiger partial charge in [-0.1, -0.05) is 60.7 Å². The Bertz CT molecular complexity index is 1190. The second kappa shape index (κ2) is 10.4. The summed E-state index contributed by atoms with van der Waals surface area (Å²) >= 11 is 0. The van der Waals surface area contributed by atoms with Gasteiger partial charge in [0.1, 0.15) is 6.61 Å². The van der Waals surface area contributed by atoms with Crippen LogP contribution in [0, 0.1) is 0 Å². The molecule has 0 aliphatic heterocycles. The number of carbonyl (C=O) groups excluding carboxylic acids is 2. The molecule has 0 aromatic heterocycles. The van der Waals surface area contributed by atoms with Crippen LogP contribution in [-0.4, -0.2) is 35.7 Å². The lowest BCUT2D eigenvalue weighted by molar-refractivity contribution is -0.137. The SMILES string of the molecule is CC(C(=O)N[C@@H](C)CC(=O)O)c1ccc(NC(=O)OCC2c3ccccc3-c3ccccc32)cc1. The van der Waals surface area contributed by atoms with E-state index in [1.165, 1.54) is 11.1 Å². The molecule has 7 nitrogen and oxygen atoms in total. The average molecular weight is 473 g/mol. The minimum Gasteiger partial charge on any atom is -0.481 e. The van der Waals surface area contributed by atoms with E-state index in [0.717, 1.165) is 16.7 Å². The first-order valence-corrected chi connectivity index (χ1v) is 11.6. The Balaban J connectivity index is 1.33. The van der Waals surface area contributed by atoms with E-state index in [2.05, 4.69) is 34.9 Å². The van der Waals surface area contributed by atoms with E-state index in [4.69, 9.17) is 9.84 Å². The summed E-state index contributed by atoms with van der Waals surface area (Å²) in [5.41, 5.74) is 5.94. The maximum absolute atomic E-state index is 12.5. The van der Waals surface area contributed by atoms with Gasteiger partial charge in [-0.2, -0.15) is 0 Å². The minimum atomic E-state index is -0.964. The molecule has 2 atom stereocenters. The first-order chi connectivity index (χ1) is 16.8. The van der Waals surface area contributed by atoms with Gasteiger partial charge in [-0.25, -0.2) is 4.79 Å². The van der Waals surface area contributed by atoms with Gasteiger partial charge in [-0.05, 0) is 53.8 Å². The molecule has 1 unspecified atom stereocenters. The Kier molecular flexibility index (Phi) is 7.15. The number of anilines is 1. The number of carboxylic acid groups (broad SMARTS) is 1. The number of ether oxygens (including phenoxy) is 1. The molecule has 0 spiro atoms. The third-order valence-electron chi connectivity index (χ3n) is 6.26. The van der Waals surface area contributed by atoms with Crippen LogP contribution in [0.25, 0.3) is 11.1 Å². The summed E-state index contributed by atoms with van der Waals surface area (Å²) in [4.78, 5) is 35.7. The highest BCUT2D eigenvalue weighted by Gasteiger charge is 2.29. The fourth-order valence-corrected chi connectivity index (χ4v) is 4.44. The summed E-state index contributed by atoms with van der Waals surface area (Å²) < 4.78 is 5.57. The van der Waals surface area contributed by atoms with Gasteiger partial charge in [0, 0.05) is 17.6 Å². The van der Waals surface area contributed by atoms with Crippen molar-refractivity contribution in [1.82, 2.24) is 5.32 Å². The van der Waals surface area contributed by atoms with Crippen molar-refractivity contribution in [3.8, 4) is 11.1 Å². The van der Waals surface area contributed by atoms with E-state index in [0.29, 0.717) is 5.69 Å². The quantitative estimate of drug-likeness (QED) is 0.422. The molecule has 2 amide bonds. The number of carbonyl (C=O) groups is 3. The monoisotopic (exact) mass is 472 g/mol. The van der Waals surface area contributed by atoms with E-state index >= 15 is 0 Å². The van der Waals surface area contributed by atoms with E-state index in [9.17, 15) is 14.4 Å². The Labute approximate surface area is 204 Å². The first-order valence-electron chi connectivity index (χ1n) is 11.6. The fraction of sp³-hybridized carbons (Fsp3) is 0.250. The standard InChI is InChI=1S/C28H28N2O5/c1-17(15-26(31)32)29-27(33)18(2)19-11-13-20(14-12-19)30-28(34)35-16-25-23-9-5-3-7-21(23)22-8-4-6-10-24(22)25/h3-14,17-18,25H,15-16H2,1-2H3,(H,29,33)(H,30,34)(H,31,32)/t17-,18?/m0/s1. The molecular formula is C28H28N2O5. The summed E-state index contributed by atoms with van der Waals surface area (Å²) in [6.07, 6.45) is -0.686. The van der Waals surface area contributed by atoms with Crippen molar-refractivity contribution in [3.05, 3.63) is 89.5 Å². The molecule has 4 rings (SSSR count). The van der Waals surface area contributed by atoms with Crippen LogP contribution >= 0.6 is 0 Å². The summed E-state index contributed by atoms with van der Waals surface area (Å²) in [7, 11) is 0. The number of aliphatic carboxylic acids is 1. The maximum atomic E-state index is 12.5. The van der Waals surface area contributed by atoms with Crippen LogP contribution in [0.15, 0.2) is 72.8 Å². The van der Waals surface area contributed by atoms with Crippen LogP contribution in [-0.2, 0) is 14.3 Å². The largest absolute Gasteiger partial charge is 0.481 e. The van der Waals surface area contributed by atoms with E-state index in [1.807, 2.05) is 24.3 Å². The molecule has 1 aliphatic rings. The van der Waals surface area contributed by atoms with Crippen LogP contribution in [0.3, 0.4) is 0 Å². The van der Waals surface area contributed by atoms with Crippen molar-refractivity contribution < 1.29 is 24.2 Å². The van der Waals surface area contributed by atoms with Crippen molar-refractivity contribution >= 4 is 23.7 Å². The molecule has 180 valence electrons. The zero-order valence-electron chi connectivity index (χ0n) is 19.7. The Morgan fingerprint density at radius 2 is 1.46 bits per heavy atom. The number of hydrogen-bond donors (Lipinski definition) is 3. The van der Waals surface area contributed by atoms with E-state index in [1.54, 1.807) is 38.1 Å². The van der Waals surface area contributed by atoms with Gasteiger partial charge in [0.25, 0.3) is 0 Å². The summed E-state index contributed by atoms with van der Waals surface area (Å²) in [5.74, 6) is -1.70. The molecular weight excluding hydrogens is 444 g/mol. The molecule has 0 fully saturated rings. The molecule has 0 radical (unpaired) electrons. The average Bonchev–Trinajstić information content (AvgIpc) is 3.16. The lowest BCUT2D eigenvalue weighted by Gasteiger charge is -2.17. The van der Waals surface area contributed by atoms with Crippen molar-refractivity contribution in [2.24, 2.45) is 0 Å². The summed E-state index contributed by atoms with van der Waals surface area (Å²) in [6.45, 7) is 3.63. The zero-order chi connectivity index (χ0) is 24.9. The summed E-state index contributed by atoms with van der Waals surface area (Å²) in [5, 5.41) is 14.3. The van der Waals surface area contributed by atoms with Crippen LogP contribution in [0.1, 0.15) is 48.8 Å². The zero-order valence-corrected chi connectivity index (χ0v) is 19.7. The number of nitrogens with one attached hydrogen (secondary N) is 2. The second-order valence-corrected chi connectivity index (χ2v) is 8.80. The predicted octanol–water partition coefficient (Wildman–Crippen LogP) is 5.13. The molecule has 35 heavy (non-hydrogen) atoms. The van der Waals surface area contributed by atoms with Gasteiger partial charge in [-0.15, -0.1) is 0 Å². The Morgan fingerprint density at radius 3 is 2.03 bits per heavy atom. The van der Waals surface area contributed by atoms with Crippen LogP contribution in [0.2, 0.25) is 0 Å². The maximum Gasteiger partial charge on any atom is 0.411 e. The number of carboxylic acids is 1. The van der Waals surface area contributed by atoms with Crippen LogP contribution in [0.5, 0.6) is 0 Å². The molecule has 0 heterocycles. The molecule has 1 aliphatic carbocycles. The lowest BCUT2D eigenvalue weighted by Crippen LogP contribution is -2.36. The van der Waals surface area contributed by atoms with E-state index in [-0.39, 0.29) is 24.9 Å². The number of rotatable bonds is 8. The van der Waals surface area contributed by atoms with Crippen molar-refractivity contribution in [2.45, 2.75) is 38.1 Å². The topological polar surface area (TPSA) is 105 Å². The highest BCUT2D eigenvalue weighted by Crippen LogP contribution is 2.44. The highest BCUT2D eigenvalue weighted by atomic mass is 16.5. The molecule has 3 N–H and O–H groups in total. The van der Waals surface area contributed by atoms with Gasteiger partial charge < -0.3 is 15.2 Å².